The quantitative estimate of drug-likeness (QED) is 0.0907. The molecule has 8 unspecified atom stereocenters. The van der Waals surface area contributed by atoms with Gasteiger partial charge in [0, 0.05) is 0 Å². The highest BCUT2D eigenvalue weighted by Crippen LogP contribution is 2.26. The van der Waals surface area contributed by atoms with E-state index in [9.17, 15) is 0 Å². The summed E-state index contributed by atoms with van der Waals surface area (Å²) in [5.74, 6) is 14.2. The molecule has 0 spiro atoms. The van der Waals surface area contributed by atoms with Crippen LogP contribution in [0.2, 0.25) is 0 Å². The molecule has 0 fully saturated rings. The fraction of sp³-hybridized carbons (Fsp3) is 1.00. The second-order valence-electron chi connectivity index (χ2n) is 22.8. The molecule has 0 aromatic rings. The van der Waals surface area contributed by atoms with Gasteiger partial charge in [-0.15, -0.1) is 0 Å². The highest BCUT2D eigenvalue weighted by molar-refractivity contribution is 4.66. The van der Waals surface area contributed by atoms with E-state index in [0.29, 0.717) is 0 Å². The summed E-state index contributed by atoms with van der Waals surface area (Å²) in [5.41, 5.74) is 0. The summed E-state index contributed by atoms with van der Waals surface area (Å²) in [4.78, 5) is 0. The van der Waals surface area contributed by atoms with Crippen molar-refractivity contribution in [2.24, 2.45) is 94.7 Å². The lowest BCUT2D eigenvalue weighted by atomic mass is 9.86. The molecule has 376 valence electrons. The molecule has 0 heteroatoms. The lowest BCUT2D eigenvalue weighted by molar-refractivity contribution is 0.320. The van der Waals surface area contributed by atoms with Gasteiger partial charge in [-0.1, -0.05) is 222 Å². The van der Waals surface area contributed by atoms with Crippen molar-refractivity contribution in [3.05, 3.63) is 0 Å². The molecular formula is C60H136. The Labute approximate surface area is 391 Å². The number of hydrogen-bond acceptors (Lipinski definition) is 0. The Morgan fingerprint density at radius 3 is 0.250 bits per heavy atom. The molecule has 60 heavy (non-hydrogen) atoms. The van der Waals surface area contributed by atoms with E-state index in [-0.39, 0.29) is 0 Å². The van der Waals surface area contributed by atoms with Crippen molar-refractivity contribution in [3.63, 3.8) is 0 Å². The van der Waals surface area contributed by atoms with Crippen LogP contribution in [0.1, 0.15) is 299 Å². The third kappa shape index (κ3) is 81.8. The molecule has 0 amide bonds. The molecule has 0 saturated heterocycles. The van der Waals surface area contributed by atoms with Gasteiger partial charge in [0.25, 0.3) is 0 Å². The van der Waals surface area contributed by atoms with E-state index in [1.54, 1.807) is 0 Å². The molecule has 0 radical (unpaired) electrons. The van der Waals surface area contributed by atoms with Crippen LogP contribution in [0.15, 0.2) is 0 Å². The van der Waals surface area contributed by atoms with Crippen molar-refractivity contribution in [3.8, 4) is 0 Å². The molecule has 0 aromatic heterocycles. The van der Waals surface area contributed by atoms with E-state index in [2.05, 4.69) is 166 Å². The molecule has 0 N–H and O–H groups in total. The van der Waals surface area contributed by atoms with Crippen LogP contribution in [-0.4, -0.2) is 0 Å². The van der Waals surface area contributed by atoms with Gasteiger partial charge in [0.15, 0.2) is 0 Å². The Morgan fingerprint density at radius 1 is 0.133 bits per heavy atom. The zero-order valence-corrected chi connectivity index (χ0v) is 49.7. The first-order valence-electron chi connectivity index (χ1n) is 27.7. The van der Waals surface area contributed by atoms with Crippen molar-refractivity contribution < 1.29 is 0 Å². The maximum absolute atomic E-state index is 2.40. The Kier molecular flexibility index (Phi) is 71.0. The Balaban J connectivity index is -0.0000000945. The van der Waals surface area contributed by atoms with Crippen molar-refractivity contribution in [2.45, 2.75) is 299 Å². The monoisotopic (exact) mass is 857 g/mol. The van der Waals surface area contributed by atoms with Crippen LogP contribution in [0, 0.1) is 94.7 Å². The molecule has 0 aliphatic carbocycles. The Morgan fingerprint density at radius 2 is 0.200 bits per heavy atom. The molecule has 0 aliphatic heterocycles. The lowest BCUT2D eigenvalue weighted by Crippen LogP contribution is -2.08. The predicted molar refractivity (Wildman–Crippen MR) is 293 cm³/mol. The summed E-state index contributed by atoms with van der Waals surface area (Å²) in [6.45, 7) is 72.4. The lowest BCUT2D eigenvalue weighted by Gasteiger charge is -2.20. The van der Waals surface area contributed by atoms with E-state index in [4.69, 9.17) is 0 Å². The molecule has 0 aromatic carbocycles. The van der Waals surface area contributed by atoms with Gasteiger partial charge in [-0.3, -0.25) is 0 Å². The van der Waals surface area contributed by atoms with E-state index in [0.717, 1.165) is 94.7 Å². The minimum atomic E-state index is 0.862. The Hall–Kier alpha value is 0. The van der Waals surface area contributed by atoms with Crippen LogP contribution < -0.4 is 0 Å². The molecule has 8 atom stereocenters. The largest absolute Gasteiger partial charge is 0.0683 e. The van der Waals surface area contributed by atoms with Gasteiger partial charge in [-0.25, -0.2) is 0 Å². The van der Waals surface area contributed by atoms with Gasteiger partial charge >= 0.3 is 0 Å². The summed E-state index contributed by atoms with van der Waals surface area (Å²) < 4.78 is 0. The summed E-state index contributed by atoms with van der Waals surface area (Å²) >= 11 is 0. The first-order valence-corrected chi connectivity index (χ1v) is 27.7. The smallest absolute Gasteiger partial charge is 0.0438 e. The van der Waals surface area contributed by atoms with E-state index >= 15 is 0 Å². The van der Waals surface area contributed by atoms with Crippen molar-refractivity contribution in [1.29, 1.82) is 0 Å². The third-order valence-electron chi connectivity index (χ3n) is 10.2. The maximum Gasteiger partial charge on any atom is -0.0438 e. The highest BCUT2D eigenvalue weighted by atomic mass is 14.2. The van der Waals surface area contributed by atoms with Crippen molar-refractivity contribution in [2.75, 3.05) is 0 Å². The summed E-state index contributed by atoms with van der Waals surface area (Å²) in [6.07, 6.45) is 16.8. The normalized spacial score (nSPS) is 14.8. The molecular weight excluding hydrogens is 721 g/mol. The second-order valence-corrected chi connectivity index (χ2v) is 22.8. The first kappa shape index (κ1) is 77.2. The predicted octanol–water partition coefficient (Wildman–Crippen LogP) is 23.1. The van der Waals surface area contributed by atoms with Gasteiger partial charge in [0.05, 0.1) is 0 Å². The average Bonchev–Trinajstić information content (AvgIpc) is 3.06. The zero-order valence-electron chi connectivity index (χ0n) is 49.7. The number of hydrogen-bond donors (Lipinski definition) is 0. The standard InChI is InChI=1S/4C13H28.4C2H6/c4*1-10(2)7-12(5)9-13(6)8-11(3)4;4*1-2/h4*10-13H,7-9H2,1-6H3;4*1-2H3. The maximum atomic E-state index is 2.40. The zero-order chi connectivity index (χ0) is 49.7. The first-order chi connectivity index (χ1) is 27.7. The van der Waals surface area contributed by atoms with Gasteiger partial charge < -0.3 is 0 Å². The van der Waals surface area contributed by atoms with Crippen molar-refractivity contribution in [1.82, 2.24) is 0 Å². The van der Waals surface area contributed by atoms with E-state index < -0.39 is 0 Å². The van der Waals surface area contributed by atoms with E-state index in [1.807, 2.05) is 55.4 Å². The third-order valence-corrected chi connectivity index (χ3v) is 10.2. The van der Waals surface area contributed by atoms with Gasteiger partial charge in [-0.2, -0.15) is 0 Å². The summed E-state index contributed by atoms with van der Waals surface area (Å²) in [7, 11) is 0. The van der Waals surface area contributed by atoms with Crippen LogP contribution in [0.4, 0.5) is 0 Å². The highest BCUT2D eigenvalue weighted by Gasteiger charge is 2.14. The van der Waals surface area contributed by atoms with Crippen LogP contribution >= 0.6 is 0 Å². The molecule has 0 bridgehead atoms. The molecule has 0 rings (SSSR count). The van der Waals surface area contributed by atoms with Gasteiger partial charge in [0.2, 0.25) is 0 Å². The van der Waals surface area contributed by atoms with Crippen LogP contribution in [0.25, 0.3) is 0 Å². The van der Waals surface area contributed by atoms with Crippen LogP contribution in [-0.2, 0) is 0 Å². The van der Waals surface area contributed by atoms with Gasteiger partial charge in [0.1, 0.15) is 0 Å². The summed E-state index contributed by atoms with van der Waals surface area (Å²) in [6, 6.07) is 0. The fourth-order valence-electron chi connectivity index (χ4n) is 9.96. The molecule has 0 saturated carbocycles. The minimum absolute atomic E-state index is 0.862. The van der Waals surface area contributed by atoms with Gasteiger partial charge in [-0.05, 0) is 172 Å². The van der Waals surface area contributed by atoms with Crippen molar-refractivity contribution >= 4 is 0 Å². The molecule has 0 heterocycles. The van der Waals surface area contributed by atoms with Crippen LogP contribution in [0.3, 0.4) is 0 Å². The van der Waals surface area contributed by atoms with E-state index in [1.165, 1.54) is 77.0 Å². The second kappa shape index (κ2) is 55.1. The SMILES string of the molecule is CC.CC.CC.CC.CC(C)CC(C)CC(C)CC(C)C.CC(C)CC(C)CC(C)CC(C)C.CC(C)CC(C)CC(C)CC(C)C.CC(C)CC(C)CC(C)CC(C)C. The molecule has 0 nitrogen and oxygen atoms in total. The molecule has 0 aliphatic rings. The van der Waals surface area contributed by atoms with Crippen LogP contribution in [0.5, 0.6) is 0 Å². The summed E-state index contributed by atoms with van der Waals surface area (Å²) in [5, 5.41) is 0. The number of rotatable bonds is 24. The minimum Gasteiger partial charge on any atom is -0.0683 e. The topological polar surface area (TPSA) is 0 Å². The average molecular weight is 858 g/mol. The Bertz CT molecular complexity index is 517. The fourth-order valence-corrected chi connectivity index (χ4v) is 9.96.